The van der Waals surface area contributed by atoms with E-state index in [9.17, 15) is 31.5 Å². The molecule has 0 saturated carbocycles. The topological polar surface area (TPSA) is 111 Å². The van der Waals surface area contributed by atoms with Crippen LogP contribution in [-0.4, -0.2) is 138 Å². The number of alkyl halides is 3. The number of ether oxygens (including phenoxy) is 1. The summed E-state index contributed by atoms with van der Waals surface area (Å²) >= 11 is 0.866. The van der Waals surface area contributed by atoms with Gasteiger partial charge in [-0.25, -0.2) is 8.42 Å². The first-order valence-corrected chi connectivity index (χ1v) is 20.1. The zero-order chi connectivity index (χ0) is 34.8. The van der Waals surface area contributed by atoms with Gasteiger partial charge < -0.3 is 19.6 Å². The largest absolute Gasteiger partial charge is 0.417 e. The zero-order valence-corrected chi connectivity index (χ0v) is 29.7. The molecule has 3 saturated heterocycles. The average Bonchev–Trinajstić information content (AvgIpc) is 3.44. The number of hydrogen-bond donors (Lipinski definition) is 1. The molecule has 16 heteroatoms. The van der Waals surface area contributed by atoms with E-state index in [1.54, 1.807) is 9.58 Å². The molecule has 1 unspecified atom stereocenters. The predicted molar refractivity (Wildman–Crippen MR) is 181 cm³/mol. The molecule has 1 amide bonds. The molecule has 2 aromatic rings. The number of fused-ring (bicyclic) bond motifs is 1. The Morgan fingerprint density at radius 2 is 1.76 bits per heavy atom. The summed E-state index contributed by atoms with van der Waals surface area (Å²) in [6.45, 7) is 7.33. The summed E-state index contributed by atoms with van der Waals surface area (Å²) in [7, 11) is -3.54. The second kappa shape index (κ2) is 15.6. The van der Waals surface area contributed by atoms with Gasteiger partial charge in [0.15, 0.2) is 0 Å². The summed E-state index contributed by atoms with van der Waals surface area (Å²) in [6, 6.07) is 4.31. The fourth-order valence-electron chi connectivity index (χ4n) is 7.49. The number of halogens is 3. The zero-order valence-electron chi connectivity index (χ0n) is 28.0. The standard InChI is InChI=1S/C33H47F3N6O5S2/c1-49(45,46)41-14-9-29-27(22-41)32(37-42(29)21-26(43)20-38-12-7-25(8-13-38)39-15-17-47-18-16-39)24-5-6-28(33(34,35)36)30(19-24)48-23-31(44)40-10-3-2-4-11-40/h5-6,19,25-26,43H,2-4,7-18,20-23H2,1H3. The van der Waals surface area contributed by atoms with Gasteiger partial charge in [0.1, 0.15) is 0 Å². The highest BCUT2D eigenvalue weighted by Gasteiger charge is 2.36. The first-order chi connectivity index (χ1) is 23.4. The maximum atomic E-state index is 14.1. The van der Waals surface area contributed by atoms with Crippen molar-refractivity contribution in [2.24, 2.45) is 0 Å². The van der Waals surface area contributed by atoms with Crippen molar-refractivity contribution in [3.8, 4) is 11.3 Å². The average molecular weight is 729 g/mol. The smallest absolute Gasteiger partial charge is 0.390 e. The lowest BCUT2D eigenvalue weighted by atomic mass is 10.0. The highest BCUT2D eigenvalue weighted by molar-refractivity contribution is 8.00. The van der Waals surface area contributed by atoms with Crippen LogP contribution in [0.25, 0.3) is 11.3 Å². The Kier molecular flexibility index (Phi) is 11.6. The molecule has 6 rings (SSSR count). The number of rotatable bonds is 10. The molecular weight excluding hydrogens is 682 g/mol. The lowest BCUT2D eigenvalue weighted by molar-refractivity contribution is -0.139. The molecule has 1 aromatic carbocycles. The summed E-state index contributed by atoms with van der Waals surface area (Å²) in [5, 5.41) is 16.1. The van der Waals surface area contributed by atoms with Crippen molar-refractivity contribution in [1.29, 1.82) is 0 Å². The third-order valence-corrected chi connectivity index (χ3v) is 12.4. The van der Waals surface area contributed by atoms with Gasteiger partial charge in [0.25, 0.3) is 0 Å². The number of sulfonamides is 1. The Morgan fingerprint density at radius 1 is 1.04 bits per heavy atom. The Labute approximate surface area is 290 Å². The maximum Gasteiger partial charge on any atom is 0.417 e. The molecule has 1 aromatic heterocycles. The van der Waals surface area contributed by atoms with Crippen LogP contribution in [-0.2, 0) is 45.2 Å². The normalized spacial score (nSPS) is 21.5. The number of carbonyl (C=O) groups excluding carboxylic acids is 1. The lowest BCUT2D eigenvalue weighted by Gasteiger charge is -2.40. The van der Waals surface area contributed by atoms with Crippen molar-refractivity contribution >= 4 is 27.7 Å². The fraction of sp³-hybridized carbons (Fsp3) is 0.697. The van der Waals surface area contributed by atoms with E-state index >= 15 is 0 Å². The molecule has 11 nitrogen and oxygen atoms in total. The van der Waals surface area contributed by atoms with E-state index in [4.69, 9.17) is 9.84 Å². The van der Waals surface area contributed by atoms with E-state index in [1.807, 2.05) is 0 Å². The number of piperidine rings is 2. The third-order valence-electron chi connectivity index (χ3n) is 10.2. The molecule has 0 aliphatic carbocycles. The Morgan fingerprint density at radius 3 is 2.43 bits per heavy atom. The van der Waals surface area contributed by atoms with Gasteiger partial charge >= 0.3 is 6.18 Å². The van der Waals surface area contributed by atoms with Gasteiger partial charge in [-0.2, -0.15) is 22.6 Å². The summed E-state index contributed by atoms with van der Waals surface area (Å²) in [4.78, 5) is 19.2. The molecule has 49 heavy (non-hydrogen) atoms. The van der Waals surface area contributed by atoms with Gasteiger partial charge in [0, 0.05) is 80.0 Å². The molecule has 0 bridgehead atoms. The van der Waals surface area contributed by atoms with Crippen LogP contribution >= 0.6 is 11.8 Å². The Bertz CT molecular complexity index is 1570. The minimum atomic E-state index is -4.62. The van der Waals surface area contributed by atoms with Gasteiger partial charge in [0.2, 0.25) is 15.9 Å². The first kappa shape index (κ1) is 36.6. The van der Waals surface area contributed by atoms with Crippen molar-refractivity contribution in [3.63, 3.8) is 0 Å². The summed E-state index contributed by atoms with van der Waals surface area (Å²) in [5.41, 5.74) is 1.36. The number of thioether (sulfide) groups is 1. The number of carbonyl (C=O) groups is 1. The number of aliphatic hydroxyl groups is 1. The van der Waals surface area contributed by atoms with Crippen LogP contribution in [0.2, 0.25) is 0 Å². The van der Waals surface area contributed by atoms with Crippen LogP contribution < -0.4 is 0 Å². The van der Waals surface area contributed by atoms with Crippen LogP contribution in [0.5, 0.6) is 0 Å². The van der Waals surface area contributed by atoms with Crippen LogP contribution in [0.15, 0.2) is 23.1 Å². The number of nitrogens with zero attached hydrogens (tertiary/aromatic N) is 6. The molecule has 4 aliphatic heterocycles. The van der Waals surface area contributed by atoms with Crippen LogP contribution in [0.1, 0.15) is 48.9 Å². The Balaban J connectivity index is 1.21. The van der Waals surface area contributed by atoms with E-state index in [-0.39, 0.29) is 36.2 Å². The van der Waals surface area contributed by atoms with Gasteiger partial charge in [-0.05, 0) is 57.3 Å². The molecule has 272 valence electrons. The molecule has 1 atom stereocenters. The number of aromatic nitrogens is 2. The lowest BCUT2D eigenvalue weighted by Crippen LogP contribution is -2.50. The summed E-state index contributed by atoms with van der Waals surface area (Å²) in [6.07, 6.45) is 0.988. The third kappa shape index (κ3) is 9.00. The van der Waals surface area contributed by atoms with E-state index in [1.165, 1.54) is 16.4 Å². The highest BCUT2D eigenvalue weighted by Crippen LogP contribution is 2.40. The number of likely N-dealkylation sites (tertiary alicyclic amines) is 2. The predicted octanol–water partition coefficient (Wildman–Crippen LogP) is 3.15. The molecule has 1 N–H and O–H groups in total. The number of benzene rings is 1. The van der Waals surface area contributed by atoms with Crippen LogP contribution in [0.4, 0.5) is 13.2 Å². The van der Waals surface area contributed by atoms with Crippen molar-refractivity contribution in [2.75, 3.05) is 77.6 Å². The first-order valence-electron chi connectivity index (χ1n) is 17.2. The molecule has 3 fully saturated rings. The van der Waals surface area contributed by atoms with Crippen LogP contribution in [0.3, 0.4) is 0 Å². The minimum Gasteiger partial charge on any atom is -0.390 e. The van der Waals surface area contributed by atoms with E-state index in [0.717, 1.165) is 101 Å². The van der Waals surface area contributed by atoms with Crippen LogP contribution in [0, 0.1) is 0 Å². The molecule has 0 radical (unpaired) electrons. The second-order valence-electron chi connectivity index (χ2n) is 13.6. The number of hydrogen-bond acceptors (Lipinski definition) is 9. The van der Waals surface area contributed by atoms with E-state index < -0.39 is 27.9 Å². The van der Waals surface area contributed by atoms with Crippen molar-refractivity contribution < 1.29 is 36.2 Å². The van der Waals surface area contributed by atoms with E-state index in [0.29, 0.717) is 48.9 Å². The number of morpholine rings is 1. The summed E-state index contributed by atoms with van der Waals surface area (Å²) in [5.74, 6) is -0.301. The second-order valence-corrected chi connectivity index (χ2v) is 16.6. The van der Waals surface area contributed by atoms with Crippen molar-refractivity contribution in [3.05, 3.63) is 35.0 Å². The molecule has 4 aliphatic rings. The summed E-state index contributed by atoms with van der Waals surface area (Å²) < 4.78 is 76.0. The minimum absolute atomic E-state index is 0.0333. The highest BCUT2D eigenvalue weighted by atomic mass is 32.2. The molecular formula is C33H47F3N6O5S2. The Hall–Kier alpha value is -2.21. The molecule has 5 heterocycles. The quantitative estimate of drug-likeness (QED) is 0.369. The number of β-amino-alcohol motifs (C(OH)–C–C–N with tert-alkyl or cyclic N) is 1. The SMILES string of the molecule is CS(=O)(=O)N1CCc2c(c(-c3ccc(C(F)(F)F)c(SCC(=O)N4CCCCC4)c3)nn2CC(O)CN2CCC(N3CCOCC3)CC2)C1. The van der Waals surface area contributed by atoms with E-state index in [2.05, 4.69) is 9.80 Å². The molecule has 0 spiro atoms. The van der Waals surface area contributed by atoms with Crippen molar-refractivity contribution in [2.45, 2.75) is 74.8 Å². The fourth-order valence-corrected chi connectivity index (χ4v) is 9.29. The van der Waals surface area contributed by atoms with Gasteiger partial charge in [-0.15, -0.1) is 11.8 Å². The van der Waals surface area contributed by atoms with Gasteiger partial charge in [0.05, 0.1) is 49.1 Å². The van der Waals surface area contributed by atoms with Gasteiger partial charge in [-0.1, -0.05) is 6.07 Å². The number of aliphatic hydroxyl groups excluding tert-OH is 1. The van der Waals surface area contributed by atoms with Crippen molar-refractivity contribution in [1.82, 2.24) is 28.8 Å². The van der Waals surface area contributed by atoms with Gasteiger partial charge in [-0.3, -0.25) is 14.4 Å². The maximum absolute atomic E-state index is 14.1. The monoisotopic (exact) mass is 728 g/mol. The number of amides is 1.